The van der Waals surface area contributed by atoms with Gasteiger partial charge in [-0.15, -0.1) is 0 Å². The summed E-state index contributed by atoms with van der Waals surface area (Å²) in [5.41, 5.74) is 0.890. The van der Waals surface area contributed by atoms with Crippen LogP contribution in [0.15, 0.2) is 70.4 Å². The van der Waals surface area contributed by atoms with Gasteiger partial charge in [-0.1, -0.05) is 35.9 Å². The third-order valence-corrected chi connectivity index (χ3v) is 6.73. The van der Waals surface area contributed by atoms with E-state index >= 15 is 0 Å². The Bertz CT molecular complexity index is 1660. The molecule has 0 saturated carbocycles. The van der Waals surface area contributed by atoms with Crippen molar-refractivity contribution in [1.29, 1.82) is 0 Å². The van der Waals surface area contributed by atoms with Crippen LogP contribution in [0.4, 0.5) is 5.69 Å². The Labute approximate surface area is 210 Å². The molecule has 4 rings (SSSR count). The van der Waals surface area contributed by atoms with Crippen LogP contribution in [0.25, 0.3) is 5.69 Å². The van der Waals surface area contributed by atoms with Gasteiger partial charge in [-0.3, -0.25) is 14.5 Å². The van der Waals surface area contributed by atoms with Crippen LogP contribution < -0.4 is 20.7 Å². The molecule has 0 aliphatic rings. The van der Waals surface area contributed by atoms with Gasteiger partial charge in [0.15, 0.2) is 0 Å². The van der Waals surface area contributed by atoms with Crippen LogP contribution in [0.2, 0.25) is 5.02 Å². The molecule has 0 atom stereocenters. The zero-order valence-electron chi connectivity index (χ0n) is 19.1. The van der Waals surface area contributed by atoms with E-state index in [4.69, 9.17) is 16.3 Å². The molecule has 186 valence electrons. The number of nitrogens with one attached hydrogen (secondary N) is 2. The summed E-state index contributed by atoms with van der Waals surface area (Å²) < 4.78 is 34.7. The zero-order chi connectivity index (χ0) is 26.0. The van der Waals surface area contributed by atoms with Gasteiger partial charge in [0.2, 0.25) is 10.0 Å². The van der Waals surface area contributed by atoms with Crippen LogP contribution in [0.5, 0.6) is 17.2 Å². The fourth-order valence-corrected chi connectivity index (χ4v) is 5.06. The Balaban J connectivity index is 1.60. The molecule has 10 nitrogen and oxygen atoms in total. The van der Waals surface area contributed by atoms with Gasteiger partial charge in [0.25, 0.3) is 5.56 Å². The molecule has 1 heterocycles. The molecule has 3 N–H and O–H groups in total. The van der Waals surface area contributed by atoms with Crippen molar-refractivity contribution in [2.45, 2.75) is 19.6 Å². The number of ether oxygens (including phenoxy) is 1. The molecule has 0 spiro atoms. The van der Waals surface area contributed by atoms with Crippen molar-refractivity contribution in [3.05, 3.63) is 103 Å². The van der Waals surface area contributed by atoms with E-state index in [1.165, 1.54) is 24.3 Å². The van der Waals surface area contributed by atoms with Gasteiger partial charge < -0.3 is 9.84 Å². The molecule has 4 aromatic rings. The molecule has 0 fully saturated rings. The normalized spacial score (nSPS) is 11.3. The Morgan fingerprint density at radius 1 is 1.08 bits per heavy atom. The molecule has 0 saturated heterocycles. The minimum Gasteiger partial charge on any atom is -0.506 e. The Morgan fingerprint density at radius 2 is 1.83 bits per heavy atom. The minimum absolute atomic E-state index is 0.0597. The van der Waals surface area contributed by atoms with Crippen LogP contribution >= 0.6 is 11.6 Å². The van der Waals surface area contributed by atoms with Crippen LogP contribution in [0.1, 0.15) is 16.7 Å². The summed E-state index contributed by atoms with van der Waals surface area (Å²) in [5.74, 6) is -0.0949. The number of phenolic OH excluding ortho intramolecular Hbond substituents is 1. The molecule has 0 radical (unpaired) electrons. The molecule has 12 heteroatoms. The summed E-state index contributed by atoms with van der Waals surface area (Å²) in [6.07, 6.45) is 0.965. The van der Waals surface area contributed by atoms with Crippen molar-refractivity contribution < 1.29 is 18.3 Å². The lowest BCUT2D eigenvalue weighted by molar-refractivity contribution is 0.465. The molecule has 0 amide bonds. The Hall–Kier alpha value is -4.09. The van der Waals surface area contributed by atoms with Crippen molar-refractivity contribution in [2.24, 2.45) is 0 Å². The SMILES string of the molecule is Cc1ccccc1CS(=O)(=O)Nc1cc(Oc2c(C)cc(-n3ncc(=O)[nH]c3=O)cc2Cl)ccc1O. The van der Waals surface area contributed by atoms with E-state index in [1.807, 2.05) is 19.1 Å². The standard InChI is InChI=1S/C24H21ClN4O6S/c1-14-5-3-4-6-16(14)13-36(33,34)28-20-11-18(7-8-21(20)30)35-23-15(2)9-17(10-19(23)25)29-24(32)27-22(31)12-26-29/h3-12,28,30H,13H2,1-2H3,(H,27,31,32). The van der Waals surface area contributed by atoms with Gasteiger partial charge in [0.05, 0.1) is 22.2 Å². The number of anilines is 1. The average molecular weight is 529 g/mol. The molecular formula is C24H21ClN4O6S. The second-order valence-electron chi connectivity index (χ2n) is 7.99. The lowest BCUT2D eigenvalue weighted by atomic mass is 10.1. The summed E-state index contributed by atoms with van der Waals surface area (Å²) in [7, 11) is -3.84. The molecule has 0 bridgehead atoms. The van der Waals surface area contributed by atoms with E-state index in [0.29, 0.717) is 16.8 Å². The highest BCUT2D eigenvalue weighted by molar-refractivity contribution is 7.91. The van der Waals surface area contributed by atoms with Crippen LogP contribution in [-0.2, 0) is 15.8 Å². The van der Waals surface area contributed by atoms with Gasteiger partial charge in [-0.2, -0.15) is 9.78 Å². The van der Waals surface area contributed by atoms with E-state index in [9.17, 15) is 23.1 Å². The fourth-order valence-electron chi connectivity index (χ4n) is 3.46. The van der Waals surface area contributed by atoms with Crippen LogP contribution in [0.3, 0.4) is 0 Å². The maximum absolute atomic E-state index is 12.7. The Morgan fingerprint density at radius 3 is 2.53 bits per heavy atom. The number of hydrogen-bond acceptors (Lipinski definition) is 7. The number of H-pyrrole nitrogens is 1. The summed E-state index contributed by atoms with van der Waals surface area (Å²) in [6.45, 7) is 3.51. The number of nitrogens with zero attached hydrogens (tertiary/aromatic N) is 2. The van der Waals surface area contributed by atoms with Crippen molar-refractivity contribution >= 4 is 27.3 Å². The topological polar surface area (TPSA) is 143 Å². The lowest BCUT2D eigenvalue weighted by Gasteiger charge is -2.15. The molecule has 1 aromatic heterocycles. The van der Waals surface area contributed by atoms with Gasteiger partial charge in [0, 0.05) is 6.07 Å². The summed E-state index contributed by atoms with van der Waals surface area (Å²) in [4.78, 5) is 25.4. The predicted molar refractivity (Wildman–Crippen MR) is 136 cm³/mol. The first-order valence-corrected chi connectivity index (χ1v) is 12.6. The first kappa shape index (κ1) is 25.0. The molecule has 3 aromatic carbocycles. The lowest BCUT2D eigenvalue weighted by Crippen LogP contribution is -2.30. The highest BCUT2D eigenvalue weighted by atomic mass is 35.5. The fraction of sp³-hybridized carbons (Fsp3) is 0.125. The van der Waals surface area contributed by atoms with Crippen molar-refractivity contribution in [3.8, 4) is 22.9 Å². The number of aromatic hydroxyl groups is 1. The number of sulfonamides is 1. The maximum Gasteiger partial charge on any atom is 0.349 e. The largest absolute Gasteiger partial charge is 0.506 e. The van der Waals surface area contributed by atoms with Crippen molar-refractivity contribution in [2.75, 3.05) is 4.72 Å². The van der Waals surface area contributed by atoms with Gasteiger partial charge >= 0.3 is 5.69 Å². The first-order valence-electron chi connectivity index (χ1n) is 10.6. The monoisotopic (exact) mass is 528 g/mol. The highest BCUT2D eigenvalue weighted by Crippen LogP contribution is 2.37. The van der Waals surface area contributed by atoms with E-state index < -0.39 is 21.3 Å². The van der Waals surface area contributed by atoms with E-state index in [0.717, 1.165) is 16.4 Å². The summed E-state index contributed by atoms with van der Waals surface area (Å²) in [6, 6.07) is 14.2. The molecular weight excluding hydrogens is 508 g/mol. The smallest absolute Gasteiger partial charge is 0.349 e. The number of aromatic amines is 1. The third kappa shape index (κ3) is 5.58. The molecule has 0 unspecified atom stereocenters. The molecule has 36 heavy (non-hydrogen) atoms. The number of phenols is 1. The highest BCUT2D eigenvalue weighted by Gasteiger charge is 2.17. The van der Waals surface area contributed by atoms with Gasteiger partial charge in [-0.25, -0.2) is 13.2 Å². The predicted octanol–water partition coefficient (Wildman–Crippen LogP) is 3.63. The summed E-state index contributed by atoms with van der Waals surface area (Å²) >= 11 is 6.40. The van der Waals surface area contributed by atoms with Gasteiger partial charge in [0.1, 0.15) is 23.4 Å². The van der Waals surface area contributed by atoms with Crippen LogP contribution in [0, 0.1) is 13.8 Å². The number of halogens is 1. The number of aryl methyl sites for hydroxylation is 2. The first-order chi connectivity index (χ1) is 17.0. The van der Waals surface area contributed by atoms with Crippen LogP contribution in [-0.4, -0.2) is 28.3 Å². The number of hydrogen-bond donors (Lipinski definition) is 3. The average Bonchev–Trinajstić information content (AvgIpc) is 2.79. The van der Waals surface area contributed by atoms with Gasteiger partial charge in [-0.05, 0) is 54.8 Å². The quantitative estimate of drug-likeness (QED) is 0.311. The van der Waals surface area contributed by atoms with E-state index in [1.54, 1.807) is 25.1 Å². The second-order valence-corrected chi connectivity index (χ2v) is 10.1. The molecule has 0 aliphatic carbocycles. The summed E-state index contributed by atoms with van der Waals surface area (Å²) in [5, 5.41) is 14.2. The Kier molecular flexibility index (Phi) is 6.86. The third-order valence-electron chi connectivity index (χ3n) is 5.23. The second kappa shape index (κ2) is 9.88. The minimum atomic E-state index is -3.84. The van der Waals surface area contributed by atoms with Crippen molar-refractivity contribution in [3.63, 3.8) is 0 Å². The van der Waals surface area contributed by atoms with Crippen molar-refractivity contribution in [1.82, 2.24) is 14.8 Å². The number of benzene rings is 3. The molecule has 0 aliphatic heterocycles. The zero-order valence-corrected chi connectivity index (χ0v) is 20.7. The van der Waals surface area contributed by atoms with E-state index in [-0.39, 0.29) is 33.7 Å². The van der Waals surface area contributed by atoms with E-state index in [2.05, 4.69) is 14.8 Å². The number of aromatic nitrogens is 3. The maximum atomic E-state index is 12.7. The number of rotatable bonds is 7.